The third-order valence-corrected chi connectivity index (χ3v) is 3.19. The van der Waals surface area contributed by atoms with Crippen LogP contribution in [0.1, 0.15) is 32.3 Å². The summed E-state index contributed by atoms with van der Waals surface area (Å²) in [5.41, 5.74) is 0.841. The highest BCUT2D eigenvalue weighted by molar-refractivity contribution is 5.92. The minimum Gasteiger partial charge on any atom is -0.497 e. The monoisotopic (exact) mass is 277 g/mol. The largest absolute Gasteiger partial charge is 0.497 e. The van der Waals surface area contributed by atoms with Crippen LogP contribution in [0, 0.1) is 0 Å². The van der Waals surface area contributed by atoms with Gasteiger partial charge in [0, 0.05) is 23.7 Å². The molecule has 0 spiro atoms. The highest BCUT2D eigenvalue weighted by Gasteiger charge is 2.06. The maximum absolute atomic E-state index is 11.8. The Bertz CT molecular complexity index is 465. The van der Waals surface area contributed by atoms with Crippen LogP contribution in [0.25, 0.3) is 6.08 Å². The molecule has 110 valence electrons. The number of methoxy groups -OCH3 is 2. The first-order valence-corrected chi connectivity index (χ1v) is 6.85. The summed E-state index contributed by atoms with van der Waals surface area (Å²) in [5.74, 6) is 1.31. The van der Waals surface area contributed by atoms with E-state index in [4.69, 9.17) is 9.47 Å². The quantitative estimate of drug-likeness (QED) is 0.779. The van der Waals surface area contributed by atoms with Crippen LogP contribution in [0.5, 0.6) is 11.5 Å². The Labute approximate surface area is 120 Å². The molecule has 0 aliphatic carbocycles. The van der Waals surface area contributed by atoms with Crippen LogP contribution in [0.3, 0.4) is 0 Å². The molecule has 0 unspecified atom stereocenters. The molecule has 1 amide bonds. The van der Waals surface area contributed by atoms with Crippen molar-refractivity contribution in [2.45, 2.75) is 32.7 Å². The smallest absolute Gasteiger partial charge is 0.244 e. The standard InChI is InChI=1S/C16H23NO3/c1-5-13(6-2)17-16(18)10-8-12-7-9-14(19-3)11-15(12)20-4/h7-11,13H,5-6H2,1-4H3,(H,17,18). The van der Waals surface area contributed by atoms with Gasteiger partial charge < -0.3 is 14.8 Å². The third kappa shape index (κ3) is 4.61. The van der Waals surface area contributed by atoms with Gasteiger partial charge in [0.1, 0.15) is 11.5 Å². The summed E-state index contributed by atoms with van der Waals surface area (Å²) < 4.78 is 10.4. The van der Waals surface area contributed by atoms with Gasteiger partial charge in [-0.1, -0.05) is 13.8 Å². The van der Waals surface area contributed by atoms with E-state index in [0.29, 0.717) is 5.75 Å². The van der Waals surface area contributed by atoms with Crippen molar-refractivity contribution in [2.75, 3.05) is 14.2 Å². The Balaban J connectivity index is 2.76. The molecule has 4 heteroatoms. The molecule has 1 N–H and O–H groups in total. The number of carbonyl (C=O) groups excluding carboxylic acids is 1. The number of nitrogens with one attached hydrogen (secondary N) is 1. The fourth-order valence-corrected chi connectivity index (χ4v) is 1.86. The molecule has 1 aromatic rings. The van der Waals surface area contributed by atoms with E-state index in [1.165, 1.54) is 6.08 Å². The number of hydrogen-bond acceptors (Lipinski definition) is 3. The van der Waals surface area contributed by atoms with Crippen LogP contribution in [-0.2, 0) is 4.79 Å². The zero-order chi connectivity index (χ0) is 15.0. The SMILES string of the molecule is CCC(CC)NC(=O)C=Cc1ccc(OC)cc1OC. The number of rotatable bonds is 7. The van der Waals surface area contributed by atoms with E-state index in [1.807, 2.05) is 12.1 Å². The van der Waals surface area contributed by atoms with Crippen molar-refractivity contribution in [1.29, 1.82) is 0 Å². The van der Waals surface area contributed by atoms with Crippen LogP contribution in [0.15, 0.2) is 24.3 Å². The normalized spacial score (nSPS) is 10.8. The molecular formula is C16H23NO3. The van der Waals surface area contributed by atoms with Gasteiger partial charge in [-0.3, -0.25) is 4.79 Å². The summed E-state index contributed by atoms with van der Waals surface area (Å²) in [4.78, 5) is 11.8. The summed E-state index contributed by atoms with van der Waals surface area (Å²) >= 11 is 0. The van der Waals surface area contributed by atoms with E-state index < -0.39 is 0 Å². The zero-order valence-corrected chi connectivity index (χ0v) is 12.6. The number of ether oxygens (including phenoxy) is 2. The summed E-state index contributed by atoms with van der Waals surface area (Å²) in [5, 5.41) is 2.96. The predicted molar refractivity (Wildman–Crippen MR) is 81.1 cm³/mol. The second-order valence-electron chi connectivity index (χ2n) is 4.46. The predicted octanol–water partition coefficient (Wildman–Crippen LogP) is 3.02. The molecule has 1 rings (SSSR count). The van der Waals surface area contributed by atoms with Gasteiger partial charge in [0.2, 0.25) is 5.91 Å². The molecule has 20 heavy (non-hydrogen) atoms. The lowest BCUT2D eigenvalue weighted by atomic mass is 10.1. The Morgan fingerprint density at radius 2 is 1.95 bits per heavy atom. The highest BCUT2D eigenvalue weighted by Crippen LogP contribution is 2.25. The van der Waals surface area contributed by atoms with Crippen LogP contribution in [-0.4, -0.2) is 26.2 Å². The number of benzene rings is 1. The first-order chi connectivity index (χ1) is 9.64. The Morgan fingerprint density at radius 1 is 1.25 bits per heavy atom. The molecule has 0 bridgehead atoms. The van der Waals surface area contributed by atoms with Gasteiger partial charge in [-0.25, -0.2) is 0 Å². The number of amides is 1. The van der Waals surface area contributed by atoms with Crippen molar-refractivity contribution in [2.24, 2.45) is 0 Å². The molecule has 0 heterocycles. The Morgan fingerprint density at radius 3 is 2.50 bits per heavy atom. The summed E-state index contributed by atoms with van der Waals surface area (Å²) in [6.45, 7) is 4.12. The average molecular weight is 277 g/mol. The van der Waals surface area contributed by atoms with Crippen LogP contribution >= 0.6 is 0 Å². The van der Waals surface area contributed by atoms with Gasteiger partial charge in [-0.15, -0.1) is 0 Å². The Kier molecular flexibility index (Phi) is 6.64. The van der Waals surface area contributed by atoms with E-state index in [1.54, 1.807) is 26.4 Å². The average Bonchev–Trinajstić information content (AvgIpc) is 2.50. The molecule has 0 aliphatic heterocycles. The minimum atomic E-state index is -0.0865. The van der Waals surface area contributed by atoms with E-state index in [9.17, 15) is 4.79 Å². The molecule has 0 atom stereocenters. The molecular weight excluding hydrogens is 254 g/mol. The van der Waals surface area contributed by atoms with Crippen LogP contribution in [0.4, 0.5) is 0 Å². The lowest BCUT2D eigenvalue weighted by molar-refractivity contribution is -0.117. The van der Waals surface area contributed by atoms with E-state index >= 15 is 0 Å². The molecule has 0 radical (unpaired) electrons. The van der Waals surface area contributed by atoms with Gasteiger partial charge in [0.15, 0.2) is 0 Å². The fourth-order valence-electron chi connectivity index (χ4n) is 1.86. The second kappa shape index (κ2) is 8.25. The lowest BCUT2D eigenvalue weighted by Crippen LogP contribution is -2.32. The molecule has 4 nitrogen and oxygen atoms in total. The first-order valence-electron chi connectivity index (χ1n) is 6.85. The highest BCUT2D eigenvalue weighted by atomic mass is 16.5. The van der Waals surface area contributed by atoms with Crippen molar-refractivity contribution in [1.82, 2.24) is 5.32 Å². The van der Waals surface area contributed by atoms with Gasteiger partial charge in [-0.05, 0) is 31.1 Å². The fraction of sp³-hybridized carbons (Fsp3) is 0.438. The molecule has 0 saturated heterocycles. The minimum absolute atomic E-state index is 0.0865. The molecule has 0 fully saturated rings. The molecule has 0 saturated carbocycles. The summed E-state index contributed by atoms with van der Waals surface area (Å²) in [6.07, 6.45) is 5.14. The van der Waals surface area contributed by atoms with E-state index in [2.05, 4.69) is 19.2 Å². The number of hydrogen-bond donors (Lipinski definition) is 1. The lowest BCUT2D eigenvalue weighted by Gasteiger charge is -2.12. The van der Waals surface area contributed by atoms with Gasteiger partial charge in [0.05, 0.1) is 14.2 Å². The number of carbonyl (C=O) groups is 1. The summed E-state index contributed by atoms with van der Waals surface area (Å²) in [6, 6.07) is 5.71. The van der Waals surface area contributed by atoms with Crippen molar-refractivity contribution in [3.8, 4) is 11.5 Å². The van der Waals surface area contributed by atoms with Crippen molar-refractivity contribution in [3.63, 3.8) is 0 Å². The van der Waals surface area contributed by atoms with Crippen LogP contribution in [0.2, 0.25) is 0 Å². The maximum Gasteiger partial charge on any atom is 0.244 e. The van der Waals surface area contributed by atoms with Gasteiger partial charge in [-0.2, -0.15) is 0 Å². The van der Waals surface area contributed by atoms with Crippen molar-refractivity contribution < 1.29 is 14.3 Å². The van der Waals surface area contributed by atoms with Gasteiger partial charge in [0.25, 0.3) is 0 Å². The van der Waals surface area contributed by atoms with Crippen molar-refractivity contribution >= 4 is 12.0 Å². The zero-order valence-electron chi connectivity index (χ0n) is 12.6. The summed E-state index contributed by atoms with van der Waals surface area (Å²) in [7, 11) is 3.20. The maximum atomic E-state index is 11.8. The van der Waals surface area contributed by atoms with Gasteiger partial charge >= 0.3 is 0 Å². The van der Waals surface area contributed by atoms with E-state index in [0.717, 1.165) is 24.2 Å². The molecule has 1 aromatic carbocycles. The first kappa shape index (κ1) is 16.1. The molecule has 0 aliphatic rings. The second-order valence-corrected chi connectivity index (χ2v) is 4.46. The van der Waals surface area contributed by atoms with E-state index in [-0.39, 0.29) is 11.9 Å². The Hall–Kier alpha value is -1.97. The van der Waals surface area contributed by atoms with Crippen molar-refractivity contribution in [3.05, 3.63) is 29.8 Å². The van der Waals surface area contributed by atoms with Crippen LogP contribution < -0.4 is 14.8 Å². The third-order valence-electron chi connectivity index (χ3n) is 3.19. The molecule has 0 aromatic heterocycles. The topological polar surface area (TPSA) is 47.6 Å².